The Kier molecular flexibility index (Phi) is 31.3. The van der Waals surface area contributed by atoms with E-state index in [1.807, 2.05) is 340 Å². The zero-order chi connectivity index (χ0) is 80.7. The molecule has 0 amide bonds. The molecule has 17 heteroatoms. The predicted molar refractivity (Wildman–Crippen MR) is 450 cm³/mol. The Morgan fingerprint density at radius 3 is 0.647 bits per heavy atom. The lowest BCUT2D eigenvalue weighted by atomic mass is 9.83. The molecule has 12 aromatic carbocycles. The van der Waals surface area contributed by atoms with Crippen LogP contribution in [0.15, 0.2) is 364 Å². The third kappa shape index (κ3) is 24.2. The molecule has 119 heavy (non-hydrogen) atoms. The van der Waals surface area contributed by atoms with Crippen molar-refractivity contribution >= 4 is 5.97 Å². The monoisotopic (exact) mass is 1600 g/mol. The van der Waals surface area contributed by atoms with Crippen molar-refractivity contribution in [3.05, 3.63) is 431 Å². The average Bonchev–Trinajstić information content (AvgIpc) is 0.747. The van der Waals surface area contributed by atoms with Gasteiger partial charge in [-0.05, 0) is 73.3 Å². The Morgan fingerprint density at radius 2 is 0.387 bits per heavy atom. The smallest absolute Gasteiger partial charge is 0.338 e. The van der Waals surface area contributed by atoms with Crippen LogP contribution in [-0.4, -0.2) is 117 Å². The number of carbonyl (C=O) groups is 1. The molecule has 2 heterocycles. The van der Waals surface area contributed by atoms with E-state index in [0.717, 1.165) is 61.2 Å². The molecule has 0 spiro atoms. The number of rotatable bonds is 41. The number of esters is 1. The van der Waals surface area contributed by atoms with Gasteiger partial charge in [0, 0.05) is 0 Å². The second kappa shape index (κ2) is 44.5. The van der Waals surface area contributed by atoms with Crippen LogP contribution in [0.1, 0.15) is 71.6 Å². The van der Waals surface area contributed by atoms with Gasteiger partial charge in [-0.2, -0.15) is 0 Å². The maximum Gasteiger partial charge on any atom is 0.338 e. The van der Waals surface area contributed by atoms with E-state index in [4.69, 9.17) is 75.8 Å². The largest absolute Gasteiger partial charge is 0.450 e. The van der Waals surface area contributed by atoms with Crippen LogP contribution in [0.5, 0.6) is 0 Å². The summed E-state index contributed by atoms with van der Waals surface area (Å²) in [5, 5.41) is 0. The standard InChI is InChI=1S/C102H102O17/c103-100(85-59-35-12-36-60-85)117-99-91(109-66-79-47-23-6-24-48-79)89(107-64-77-43-19-4-20-44-77)87(73-105-62-75-39-15-2-16-40-75)116-102(99)119-97-94(112-69-82-53-29-9-30-54-82)92(110-67-80-49-25-7-26-50-80)93(111-68-81-51-27-8-28-52-81)96(95(97)113-70-83-55-31-10-32-56-83)118-101-98(114-71-84-57-33-11-34-58-84)90(108-65-78-45-21-5-22-46-78)88(106-63-76-41-17-3-18-42-76)86(115-101)72-104-61-74-37-13-1-14-38-74/h1-60,86-99,101-102H,61-73H2/t86-,87-,88-,89-,90+,91+,92-,93-,94+,95-,96-,97-,98-,99-,101-,102-/m1/s1. The van der Waals surface area contributed by atoms with Crippen molar-refractivity contribution in [2.45, 2.75) is 171 Å². The van der Waals surface area contributed by atoms with Crippen LogP contribution < -0.4 is 0 Å². The summed E-state index contributed by atoms with van der Waals surface area (Å²) in [4.78, 5) is 15.5. The molecule has 16 atom stereocenters. The fourth-order valence-electron chi connectivity index (χ4n) is 15.2. The molecule has 1 saturated carbocycles. The van der Waals surface area contributed by atoms with E-state index in [-0.39, 0.29) is 91.5 Å². The van der Waals surface area contributed by atoms with Gasteiger partial charge in [-0.3, -0.25) is 0 Å². The first kappa shape index (κ1) is 83.6. The quantitative estimate of drug-likeness (QED) is 0.0332. The summed E-state index contributed by atoms with van der Waals surface area (Å²) in [6, 6.07) is 118. The molecule has 612 valence electrons. The van der Waals surface area contributed by atoms with E-state index in [0.29, 0.717) is 0 Å². The van der Waals surface area contributed by atoms with Crippen molar-refractivity contribution in [3.8, 4) is 0 Å². The minimum atomic E-state index is -1.56. The van der Waals surface area contributed by atoms with E-state index in [2.05, 4.69) is 0 Å². The molecule has 0 N–H and O–H groups in total. The zero-order valence-corrected chi connectivity index (χ0v) is 66.5. The maximum absolute atomic E-state index is 15.5. The number of benzene rings is 12. The molecule has 12 aromatic rings. The SMILES string of the molecule is O=C(O[C@H]1[C@@H](O[C@H]2[C@H](OCc3ccccc3)[C@H](O[C@H]3O[C@H](COCc4ccccc4)[C@@H](OCc4ccccc4)[C@H](OCc4ccccc4)[C@H]3OCc3ccccc3)[C@H](OCc3ccccc3)[C@@H](OCc3ccccc3)[C@@H]2OCc2ccccc2)O[C@H](COCc2ccccc2)[C@@H](OCc2ccccc2)[C@@H]1OCc1ccccc1)c1ccccc1. The number of ether oxygens (including phenoxy) is 16. The Balaban J connectivity index is 0.922. The van der Waals surface area contributed by atoms with Crippen LogP contribution in [0, 0.1) is 0 Å². The van der Waals surface area contributed by atoms with E-state index in [9.17, 15) is 0 Å². The summed E-state index contributed by atoms with van der Waals surface area (Å²) in [5.74, 6) is -0.674. The molecule has 3 fully saturated rings. The molecular weight excluding hydrogens is 1500 g/mol. The molecule has 15 rings (SSSR count). The molecule has 2 aliphatic heterocycles. The summed E-state index contributed by atoms with van der Waals surface area (Å²) in [6.45, 7) is 1.21. The summed E-state index contributed by atoms with van der Waals surface area (Å²) in [7, 11) is 0. The molecule has 0 aromatic heterocycles. The maximum atomic E-state index is 15.5. The molecule has 1 aliphatic carbocycles. The van der Waals surface area contributed by atoms with E-state index in [1.165, 1.54) is 0 Å². The normalized spacial score (nSPS) is 23.6. The minimum absolute atomic E-state index is 0.00267. The number of carbonyl (C=O) groups excluding carboxylic acids is 1. The fourth-order valence-corrected chi connectivity index (χ4v) is 15.2. The second-order valence-corrected chi connectivity index (χ2v) is 29.9. The highest BCUT2D eigenvalue weighted by molar-refractivity contribution is 5.89. The highest BCUT2D eigenvalue weighted by Crippen LogP contribution is 2.43. The van der Waals surface area contributed by atoms with Crippen LogP contribution in [0.4, 0.5) is 0 Å². The number of hydrogen-bond acceptors (Lipinski definition) is 17. The molecule has 3 aliphatic rings. The zero-order valence-electron chi connectivity index (χ0n) is 66.5. The Hall–Kier alpha value is -10.5. The fraction of sp³-hybridized carbons (Fsp3) is 0.284. The van der Waals surface area contributed by atoms with E-state index < -0.39 is 104 Å². The van der Waals surface area contributed by atoms with Crippen molar-refractivity contribution in [2.24, 2.45) is 0 Å². The number of hydrogen-bond donors (Lipinski definition) is 0. The average molecular weight is 1600 g/mol. The van der Waals surface area contributed by atoms with Crippen LogP contribution in [0.25, 0.3) is 0 Å². The molecular formula is C102H102O17. The van der Waals surface area contributed by atoms with Crippen LogP contribution >= 0.6 is 0 Å². The van der Waals surface area contributed by atoms with E-state index >= 15 is 4.79 Å². The first-order valence-corrected chi connectivity index (χ1v) is 41.0. The van der Waals surface area contributed by atoms with Crippen LogP contribution in [-0.2, 0) is 148 Å². The van der Waals surface area contributed by atoms with Gasteiger partial charge < -0.3 is 75.8 Å². The third-order valence-electron chi connectivity index (χ3n) is 21.3. The van der Waals surface area contributed by atoms with Gasteiger partial charge in [0.1, 0.15) is 79.4 Å². The van der Waals surface area contributed by atoms with Crippen LogP contribution in [0.3, 0.4) is 0 Å². The van der Waals surface area contributed by atoms with Crippen molar-refractivity contribution in [3.63, 3.8) is 0 Å². The topological polar surface area (TPSA) is 165 Å². The van der Waals surface area contributed by atoms with Gasteiger partial charge in [-0.1, -0.05) is 352 Å². The first-order valence-electron chi connectivity index (χ1n) is 41.0. The summed E-state index contributed by atoms with van der Waals surface area (Å²) < 4.78 is 120. The van der Waals surface area contributed by atoms with Gasteiger partial charge in [0.05, 0.1) is 91.5 Å². The highest BCUT2D eigenvalue weighted by Gasteiger charge is 2.61. The summed E-state index contributed by atoms with van der Waals surface area (Å²) >= 11 is 0. The van der Waals surface area contributed by atoms with Gasteiger partial charge in [0.25, 0.3) is 0 Å². The Labute approximate surface area is 697 Å². The van der Waals surface area contributed by atoms with Crippen molar-refractivity contribution < 1.29 is 80.6 Å². The Morgan fingerprint density at radius 1 is 0.202 bits per heavy atom. The van der Waals surface area contributed by atoms with Crippen LogP contribution in [0.2, 0.25) is 0 Å². The molecule has 0 radical (unpaired) electrons. The summed E-state index contributed by atoms with van der Waals surface area (Å²) in [5.41, 5.74) is 10.0. The lowest BCUT2D eigenvalue weighted by Crippen LogP contribution is -2.71. The van der Waals surface area contributed by atoms with Gasteiger partial charge in [0.15, 0.2) is 18.7 Å². The molecule has 0 bridgehead atoms. The third-order valence-corrected chi connectivity index (χ3v) is 21.3. The van der Waals surface area contributed by atoms with Crippen molar-refractivity contribution in [1.82, 2.24) is 0 Å². The minimum Gasteiger partial charge on any atom is -0.450 e. The Bertz CT molecular complexity index is 4820. The van der Waals surface area contributed by atoms with Gasteiger partial charge in [-0.15, -0.1) is 0 Å². The molecule has 17 nitrogen and oxygen atoms in total. The van der Waals surface area contributed by atoms with Crippen molar-refractivity contribution in [1.29, 1.82) is 0 Å². The highest BCUT2D eigenvalue weighted by atomic mass is 16.8. The molecule has 0 unspecified atom stereocenters. The van der Waals surface area contributed by atoms with Crippen molar-refractivity contribution in [2.75, 3.05) is 13.2 Å². The van der Waals surface area contributed by atoms with Gasteiger partial charge >= 0.3 is 5.97 Å². The molecule has 2 saturated heterocycles. The van der Waals surface area contributed by atoms with Gasteiger partial charge in [0.2, 0.25) is 0 Å². The summed E-state index contributed by atoms with van der Waals surface area (Å²) in [6.07, 6.45) is -18.7. The van der Waals surface area contributed by atoms with Gasteiger partial charge in [-0.25, -0.2) is 4.79 Å². The second-order valence-electron chi connectivity index (χ2n) is 29.9. The lowest BCUT2D eigenvalue weighted by molar-refractivity contribution is -0.382. The predicted octanol–water partition coefficient (Wildman–Crippen LogP) is 18.1. The first-order chi connectivity index (χ1) is 58.9. The van der Waals surface area contributed by atoms with E-state index in [1.54, 1.807) is 24.3 Å². The lowest BCUT2D eigenvalue weighted by Gasteiger charge is -2.53.